The second kappa shape index (κ2) is 6.17. The Balaban J connectivity index is 2.88. The van der Waals surface area contributed by atoms with Crippen LogP contribution in [0.15, 0.2) is 24.3 Å². The summed E-state index contributed by atoms with van der Waals surface area (Å²) >= 11 is 0. The van der Waals surface area contributed by atoms with Crippen LogP contribution in [-0.4, -0.2) is 18.3 Å². The topological polar surface area (TPSA) is 29.5 Å². The largest absolute Gasteiger partial charge is 0.434 e. The highest BCUT2D eigenvalue weighted by molar-refractivity contribution is 5.57. The second-order valence-electron chi connectivity index (χ2n) is 2.98. The van der Waals surface area contributed by atoms with Crippen LogP contribution in [0.5, 0.6) is 5.75 Å². The Morgan fingerprint density at radius 2 is 2.12 bits per heavy atom. The van der Waals surface area contributed by atoms with Crippen molar-refractivity contribution in [1.29, 1.82) is 0 Å². The molecule has 5 heteroatoms. The maximum absolute atomic E-state index is 12.8. The summed E-state index contributed by atoms with van der Waals surface area (Å²) in [5.74, 6) is -0.862. The van der Waals surface area contributed by atoms with E-state index in [2.05, 4.69) is 4.74 Å². The van der Waals surface area contributed by atoms with Crippen LogP contribution in [-0.2, 0) is 0 Å². The van der Waals surface area contributed by atoms with Crippen LogP contribution in [0.1, 0.15) is 12.0 Å². The molecule has 0 radical (unpaired) electrons. The van der Waals surface area contributed by atoms with E-state index in [1.54, 1.807) is 6.08 Å². The first-order valence-corrected chi connectivity index (χ1v) is 4.65. The molecule has 0 saturated carbocycles. The van der Waals surface area contributed by atoms with Crippen molar-refractivity contribution in [3.05, 3.63) is 35.7 Å². The predicted molar refractivity (Wildman–Crippen MR) is 53.8 cm³/mol. The molecule has 0 aromatic heterocycles. The molecular weight excluding hydrogens is 221 g/mol. The summed E-state index contributed by atoms with van der Waals surface area (Å²) < 4.78 is 41.0. The van der Waals surface area contributed by atoms with E-state index in [1.165, 1.54) is 12.1 Å². The van der Waals surface area contributed by atoms with E-state index < -0.39 is 12.4 Å². The van der Waals surface area contributed by atoms with Crippen molar-refractivity contribution >= 4 is 6.08 Å². The molecule has 1 aromatic carbocycles. The maximum Gasteiger partial charge on any atom is 0.387 e. The first-order valence-electron chi connectivity index (χ1n) is 4.65. The number of benzene rings is 1. The minimum atomic E-state index is -2.99. The second-order valence-corrected chi connectivity index (χ2v) is 2.98. The zero-order valence-corrected chi connectivity index (χ0v) is 8.37. The Morgan fingerprint density at radius 3 is 2.75 bits per heavy atom. The molecule has 88 valence electrons. The highest BCUT2D eigenvalue weighted by Gasteiger charge is 2.08. The van der Waals surface area contributed by atoms with Gasteiger partial charge in [-0.3, -0.25) is 0 Å². The van der Waals surface area contributed by atoms with E-state index >= 15 is 0 Å². The van der Waals surface area contributed by atoms with Crippen molar-refractivity contribution in [3.8, 4) is 5.75 Å². The molecule has 0 atom stereocenters. The molecule has 0 aliphatic carbocycles. The Morgan fingerprint density at radius 1 is 1.38 bits per heavy atom. The highest BCUT2D eigenvalue weighted by atomic mass is 19.3. The van der Waals surface area contributed by atoms with Crippen LogP contribution in [0.3, 0.4) is 0 Å². The minimum Gasteiger partial charge on any atom is -0.434 e. The SMILES string of the molecule is OCCC=Cc1ccc(F)cc1OC(F)F. The zero-order valence-electron chi connectivity index (χ0n) is 8.37. The van der Waals surface area contributed by atoms with Gasteiger partial charge >= 0.3 is 6.61 Å². The van der Waals surface area contributed by atoms with E-state index in [1.807, 2.05) is 0 Å². The molecule has 0 bridgehead atoms. The van der Waals surface area contributed by atoms with E-state index in [9.17, 15) is 13.2 Å². The normalized spacial score (nSPS) is 11.3. The van der Waals surface area contributed by atoms with Crippen LogP contribution >= 0.6 is 0 Å². The van der Waals surface area contributed by atoms with Crippen molar-refractivity contribution in [2.24, 2.45) is 0 Å². The van der Waals surface area contributed by atoms with Crippen molar-refractivity contribution < 1.29 is 23.0 Å². The molecule has 0 aliphatic heterocycles. The fourth-order valence-electron chi connectivity index (χ4n) is 1.13. The van der Waals surface area contributed by atoms with Crippen LogP contribution in [0.2, 0.25) is 0 Å². The molecular formula is C11H11F3O2. The van der Waals surface area contributed by atoms with Gasteiger partial charge in [-0.05, 0) is 18.6 Å². The number of alkyl halides is 2. The molecule has 1 N–H and O–H groups in total. The monoisotopic (exact) mass is 232 g/mol. The van der Waals surface area contributed by atoms with Crippen LogP contribution in [0.25, 0.3) is 6.08 Å². The van der Waals surface area contributed by atoms with Crippen molar-refractivity contribution in [1.82, 2.24) is 0 Å². The number of aliphatic hydroxyl groups excluding tert-OH is 1. The zero-order chi connectivity index (χ0) is 12.0. The first kappa shape index (κ1) is 12.6. The third-order valence-electron chi connectivity index (χ3n) is 1.78. The van der Waals surface area contributed by atoms with Crippen LogP contribution in [0, 0.1) is 5.82 Å². The molecule has 0 unspecified atom stereocenters. The highest BCUT2D eigenvalue weighted by Crippen LogP contribution is 2.23. The van der Waals surface area contributed by atoms with Gasteiger partial charge in [-0.15, -0.1) is 0 Å². The third kappa shape index (κ3) is 3.94. The van der Waals surface area contributed by atoms with Crippen molar-refractivity contribution in [3.63, 3.8) is 0 Å². The summed E-state index contributed by atoms with van der Waals surface area (Å²) in [5.41, 5.74) is 0.343. The summed E-state index contributed by atoms with van der Waals surface area (Å²) in [7, 11) is 0. The Hall–Kier alpha value is -1.49. The number of hydrogen-bond acceptors (Lipinski definition) is 2. The number of ether oxygens (including phenoxy) is 1. The summed E-state index contributed by atoms with van der Waals surface area (Å²) in [4.78, 5) is 0. The van der Waals surface area contributed by atoms with Crippen molar-refractivity contribution in [2.45, 2.75) is 13.0 Å². The number of hydrogen-bond donors (Lipinski definition) is 1. The number of halogens is 3. The average molecular weight is 232 g/mol. The summed E-state index contributed by atoms with van der Waals surface area (Å²) in [6, 6.07) is 3.38. The van der Waals surface area contributed by atoms with Gasteiger partial charge in [-0.1, -0.05) is 12.2 Å². The fraction of sp³-hybridized carbons (Fsp3) is 0.273. The summed E-state index contributed by atoms with van der Waals surface area (Å²) in [6.45, 7) is -3.03. The summed E-state index contributed by atoms with van der Waals surface area (Å²) in [5, 5.41) is 8.54. The Kier molecular flexibility index (Phi) is 4.85. The molecule has 16 heavy (non-hydrogen) atoms. The molecule has 1 aromatic rings. The minimum absolute atomic E-state index is 0.0390. The molecule has 0 amide bonds. The smallest absolute Gasteiger partial charge is 0.387 e. The van der Waals surface area contributed by atoms with Gasteiger partial charge in [-0.2, -0.15) is 8.78 Å². The molecule has 0 aliphatic rings. The molecule has 0 spiro atoms. The van der Waals surface area contributed by atoms with Gasteiger partial charge in [0.1, 0.15) is 11.6 Å². The maximum atomic E-state index is 12.8. The summed E-state index contributed by atoms with van der Waals surface area (Å²) in [6.07, 6.45) is 3.48. The van der Waals surface area contributed by atoms with E-state index in [0.29, 0.717) is 12.0 Å². The van der Waals surface area contributed by atoms with E-state index in [0.717, 1.165) is 12.1 Å². The quantitative estimate of drug-likeness (QED) is 0.845. The molecule has 0 saturated heterocycles. The van der Waals surface area contributed by atoms with Gasteiger partial charge in [0.2, 0.25) is 0 Å². The average Bonchev–Trinajstić information content (AvgIpc) is 2.20. The van der Waals surface area contributed by atoms with Gasteiger partial charge in [0.15, 0.2) is 0 Å². The lowest BCUT2D eigenvalue weighted by Gasteiger charge is -2.07. The fourth-order valence-corrected chi connectivity index (χ4v) is 1.13. The van der Waals surface area contributed by atoms with Gasteiger partial charge in [-0.25, -0.2) is 4.39 Å². The lowest BCUT2D eigenvalue weighted by Crippen LogP contribution is -2.03. The van der Waals surface area contributed by atoms with Gasteiger partial charge < -0.3 is 9.84 Å². The first-order chi connectivity index (χ1) is 7.63. The Labute approximate surface area is 91.0 Å². The van der Waals surface area contributed by atoms with Gasteiger partial charge in [0.05, 0.1) is 0 Å². The van der Waals surface area contributed by atoms with Gasteiger partial charge in [0.25, 0.3) is 0 Å². The molecule has 2 nitrogen and oxygen atoms in total. The van der Waals surface area contributed by atoms with Crippen LogP contribution < -0.4 is 4.74 Å². The third-order valence-corrected chi connectivity index (χ3v) is 1.78. The molecule has 0 fully saturated rings. The lowest BCUT2D eigenvalue weighted by molar-refractivity contribution is -0.0501. The van der Waals surface area contributed by atoms with Crippen LogP contribution in [0.4, 0.5) is 13.2 Å². The molecule has 1 rings (SSSR count). The van der Waals surface area contributed by atoms with E-state index in [-0.39, 0.29) is 12.4 Å². The standard InChI is InChI=1S/C11H11F3O2/c12-9-5-4-8(3-1-2-6-15)10(7-9)16-11(13)14/h1,3-5,7,11,15H,2,6H2. The number of rotatable bonds is 5. The lowest BCUT2D eigenvalue weighted by atomic mass is 10.1. The van der Waals surface area contributed by atoms with Gasteiger partial charge in [0, 0.05) is 18.2 Å². The number of aliphatic hydroxyl groups is 1. The Bertz CT molecular complexity index is 364. The molecule has 0 heterocycles. The van der Waals surface area contributed by atoms with Crippen molar-refractivity contribution in [2.75, 3.05) is 6.61 Å². The predicted octanol–water partition coefficient (Wildman–Crippen LogP) is 2.82. The van der Waals surface area contributed by atoms with E-state index in [4.69, 9.17) is 5.11 Å².